The summed E-state index contributed by atoms with van der Waals surface area (Å²) in [5, 5.41) is 11.0. The summed E-state index contributed by atoms with van der Waals surface area (Å²) in [5.41, 5.74) is 0.970. The summed E-state index contributed by atoms with van der Waals surface area (Å²) in [6.07, 6.45) is 0. The molecule has 0 aliphatic rings. The van der Waals surface area contributed by atoms with Crippen LogP contribution in [0.15, 0.2) is 57.7 Å². The standard InChI is InChI=1S/C16H9NO3S/c18-12-6-3-4-9-8-10(16(19)20-14(9)12)15-17-11-5-1-2-7-13(11)21-15/h1-8,18H. The highest BCUT2D eigenvalue weighted by Gasteiger charge is 2.13. The lowest BCUT2D eigenvalue weighted by Gasteiger charge is -2.00. The van der Waals surface area contributed by atoms with Crippen molar-refractivity contribution in [1.29, 1.82) is 0 Å². The van der Waals surface area contributed by atoms with Crippen molar-refractivity contribution in [3.05, 3.63) is 59.0 Å². The fourth-order valence-electron chi connectivity index (χ4n) is 2.27. The molecule has 0 aliphatic heterocycles. The smallest absolute Gasteiger partial charge is 0.346 e. The molecule has 2 heterocycles. The maximum absolute atomic E-state index is 12.2. The highest BCUT2D eigenvalue weighted by molar-refractivity contribution is 7.21. The second-order valence-electron chi connectivity index (χ2n) is 4.63. The van der Waals surface area contributed by atoms with Gasteiger partial charge in [-0.1, -0.05) is 24.3 Å². The van der Waals surface area contributed by atoms with E-state index in [-0.39, 0.29) is 11.3 Å². The van der Waals surface area contributed by atoms with Crippen LogP contribution in [0.1, 0.15) is 0 Å². The minimum absolute atomic E-state index is 0.0413. The Balaban J connectivity index is 2.01. The zero-order chi connectivity index (χ0) is 14.4. The van der Waals surface area contributed by atoms with Crippen molar-refractivity contribution in [3.63, 3.8) is 0 Å². The van der Waals surface area contributed by atoms with Gasteiger partial charge in [0.1, 0.15) is 5.01 Å². The zero-order valence-electron chi connectivity index (χ0n) is 10.7. The van der Waals surface area contributed by atoms with E-state index < -0.39 is 5.63 Å². The van der Waals surface area contributed by atoms with Crippen molar-refractivity contribution in [2.75, 3.05) is 0 Å². The molecule has 5 heteroatoms. The average molecular weight is 295 g/mol. The molecule has 0 bridgehead atoms. The number of aromatic nitrogens is 1. The quantitative estimate of drug-likeness (QED) is 0.543. The molecular formula is C16H9NO3S. The number of hydrogen-bond donors (Lipinski definition) is 1. The molecule has 0 spiro atoms. The molecule has 0 aliphatic carbocycles. The van der Waals surface area contributed by atoms with E-state index in [1.807, 2.05) is 24.3 Å². The van der Waals surface area contributed by atoms with Crippen LogP contribution in [0.5, 0.6) is 5.75 Å². The van der Waals surface area contributed by atoms with E-state index in [9.17, 15) is 9.90 Å². The number of aromatic hydroxyl groups is 1. The first-order valence-corrected chi connectivity index (χ1v) is 7.16. The minimum Gasteiger partial charge on any atom is -0.504 e. The van der Waals surface area contributed by atoms with Gasteiger partial charge >= 0.3 is 5.63 Å². The number of nitrogens with zero attached hydrogens (tertiary/aromatic N) is 1. The van der Waals surface area contributed by atoms with E-state index in [0.717, 1.165) is 10.2 Å². The van der Waals surface area contributed by atoms with Gasteiger partial charge in [0.2, 0.25) is 0 Å². The maximum Gasteiger partial charge on any atom is 0.346 e. The predicted molar refractivity (Wildman–Crippen MR) is 82.8 cm³/mol. The Kier molecular flexibility index (Phi) is 2.55. The van der Waals surface area contributed by atoms with Crippen LogP contribution in [-0.2, 0) is 0 Å². The second kappa shape index (κ2) is 4.43. The van der Waals surface area contributed by atoms with E-state index in [1.54, 1.807) is 18.2 Å². The number of phenols is 1. The van der Waals surface area contributed by atoms with Crippen molar-refractivity contribution in [2.24, 2.45) is 0 Å². The van der Waals surface area contributed by atoms with Gasteiger partial charge in [0.05, 0.1) is 15.8 Å². The fraction of sp³-hybridized carbons (Fsp3) is 0. The summed E-state index contributed by atoms with van der Waals surface area (Å²) in [5.74, 6) is -0.0413. The first-order valence-electron chi connectivity index (χ1n) is 6.34. The molecule has 2 aromatic heterocycles. The maximum atomic E-state index is 12.2. The fourth-order valence-corrected chi connectivity index (χ4v) is 3.23. The van der Waals surface area contributed by atoms with Crippen molar-refractivity contribution in [3.8, 4) is 16.3 Å². The summed E-state index contributed by atoms with van der Waals surface area (Å²) in [4.78, 5) is 16.6. The molecule has 4 nitrogen and oxygen atoms in total. The van der Waals surface area contributed by atoms with Gasteiger partial charge < -0.3 is 9.52 Å². The van der Waals surface area contributed by atoms with Crippen LogP contribution in [0.25, 0.3) is 31.8 Å². The number of para-hydroxylation sites is 2. The molecule has 2 aromatic carbocycles. The first kappa shape index (κ1) is 12.1. The molecule has 0 fully saturated rings. The molecule has 1 N–H and O–H groups in total. The molecule has 21 heavy (non-hydrogen) atoms. The Morgan fingerprint density at radius 3 is 2.81 bits per heavy atom. The van der Waals surface area contributed by atoms with E-state index in [2.05, 4.69) is 4.98 Å². The third kappa shape index (κ3) is 1.90. The van der Waals surface area contributed by atoms with Gasteiger partial charge in [-0.3, -0.25) is 0 Å². The number of thiazole rings is 1. The zero-order valence-corrected chi connectivity index (χ0v) is 11.6. The molecule has 0 unspecified atom stereocenters. The summed E-state index contributed by atoms with van der Waals surface area (Å²) in [6.45, 7) is 0. The minimum atomic E-state index is -0.497. The van der Waals surface area contributed by atoms with Gasteiger partial charge in [-0.2, -0.15) is 0 Å². The number of fused-ring (bicyclic) bond motifs is 2. The molecule has 4 aromatic rings. The Bertz CT molecular complexity index is 999. The summed E-state index contributed by atoms with van der Waals surface area (Å²) >= 11 is 1.44. The Morgan fingerprint density at radius 2 is 1.95 bits per heavy atom. The van der Waals surface area contributed by atoms with E-state index in [0.29, 0.717) is 16.0 Å². The van der Waals surface area contributed by atoms with Crippen LogP contribution in [0.3, 0.4) is 0 Å². The molecule has 0 atom stereocenters. The van der Waals surface area contributed by atoms with Crippen LogP contribution in [0, 0.1) is 0 Å². The van der Waals surface area contributed by atoms with Crippen molar-refractivity contribution in [2.45, 2.75) is 0 Å². The molecule has 0 saturated heterocycles. The lowest BCUT2D eigenvalue weighted by molar-refractivity contribution is 0.457. The molecule has 4 rings (SSSR count). The van der Waals surface area contributed by atoms with Gasteiger partial charge in [0.15, 0.2) is 11.3 Å². The number of phenolic OH excluding ortho intramolecular Hbond substituents is 1. The normalized spacial score (nSPS) is 11.2. The number of rotatable bonds is 1. The second-order valence-corrected chi connectivity index (χ2v) is 5.66. The summed E-state index contributed by atoms with van der Waals surface area (Å²) in [7, 11) is 0. The molecule has 0 amide bonds. The molecule has 102 valence electrons. The Labute approximate surface area is 122 Å². The van der Waals surface area contributed by atoms with Crippen molar-refractivity contribution in [1.82, 2.24) is 4.98 Å². The van der Waals surface area contributed by atoms with Crippen LogP contribution in [-0.4, -0.2) is 10.1 Å². The van der Waals surface area contributed by atoms with Crippen molar-refractivity contribution < 1.29 is 9.52 Å². The highest BCUT2D eigenvalue weighted by Crippen LogP contribution is 2.31. The molecule has 0 saturated carbocycles. The molecular weight excluding hydrogens is 286 g/mol. The SMILES string of the molecule is O=c1oc2c(O)cccc2cc1-c1nc2ccccc2s1. The topological polar surface area (TPSA) is 63.3 Å². The van der Waals surface area contributed by atoms with Crippen LogP contribution in [0.4, 0.5) is 0 Å². The monoisotopic (exact) mass is 295 g/mol. The van der Waals surface area contributed by atoms with E-state index in [1.165, 1.54) is 17.4 Å². The van der Waals surface area contributed by atoms with Gasteiger partial charge in [0, 0.05) is 5.39 Å². The van der Waals surface area contributed by atoms with Crippen molar-refractivity contribution >= 4 is 32.5 Å². The average Bonchev–Trinajstić information content (AvgIpc) is 2.91. The highest BCUT2D eigenvalue weighted by atomic mass is 32.1. The van der Waals surface area contributed by atoms with Gasteiger partial charge in [-0.25, -0.2) is 9.78 Å². The largest absolute Gasteiger partial charge is 0.504 e. The Morgan fingerprint density at radius 1 is 1.10 bits per heavy atom. The van der Waals surface area contributed by atoms with Crippen LogP contribution < -0.4 is 5.63 Å². The third-order valence-corrected chi connectivity index (χ3v) is 4.33. The van der Waals surface area contributed by atoms with Crippen LogP contribution in [0.2, 0.25) is 0 Å². The van der Waals surface area contributed by atoms with Gasteiger partial charge in [-0.15, -0.1) is 11.3 Å². The predicted octanol–water partition coefficient (Wildman–Crippen LogP) is 3.78. The Hall–Kier alpha value is -2.66. The lowest BCUT2D eigenvalue weighted by Crippen LogP contribution is -2.02. The molecule has 0 radical (unpaired) electrons. The number of benzene rings is 2. The van der Waals surface area contributed by atoms with Crippen LogP contribution >= 0.6 is 11.3 Å². The van der Waals surface area contributed by atoms with Gasteiger partial charge in [0.25, 0.3) is 0 Å². The lowest BCUT2D eigenvalue weighted by atomic mass is 10.2. The van der Waals surface area contributed by atoms with Gasteiger partial charge in [-0.05, 0) is 24.3 Å². The third-order valence-electron chi connectivity index (χ3n) is 3.26. The summed E-state index contributed by atoms with van der Waals surface area (Å²) in [6, 6.07) is 14.4. The number of hydrogen-bond acceptors (Lipinski definition) is 5. The first-order chi connectivity index (χ1) is 10.2. The van der Waals surface area contributed by atoms with E-state index >= 15 is 0 Å². The van der Waals surface area contributed by atoms with E-state index in [4.69, 9.17) is 4.42 Å². The summed E-state index contributed by atoms with van der Waals surface area (Å²) < 4.78 is 6.25.